The highest BCUT2D eigenvalue weighted by Crippen LogP contribution is 1.93. The predicted octanol–water partition coefficient (Wildman–Crippen LogP) is -0.621. The Hall–Kier alpha value is -2.71. The molecule has 0 aliphatic heterocycles. The molecule has 9 heteroatoms. The average molecular weight is 278 g/mol. The van der Waals surface area contributed by atoms with E-state index < -0.39 is 5.97 Å². The molecule has 1 amide bonds. The maximum Gasteiger partial charge on any atom is 0.358 e. The van der Waals surface area contributed by atoms with Gasteiger partial charge in [0.1, 0.15) is 0 Å². The van der Waals surface area contributed by atoms with Crippen LogP contribution in [0.5, 0.6) is 0 Å². The van der Waals surface area contributed by atoms with Crippen molar-refractivity contribution in [3.63, 3.8) is 0 Å². The fourth-order valence-corrected chi connectivity index (χ4v) is 1.55. The van der Waals surface area contributed by atoms with Gasteiger partial charge >= 0.3 is 5.97 Å². The Morgan fingerprint density at radius 2 is 2.20 bits per heavy atom. The summed E-state index contributed by atoms with van der Waals surface area (Å²) in [5, 5.41) is 18.5. The number of aryl methyl sites for hydroxylation is 1. The number of aromatic carboxylic acids is 1. The van der Waals surface area contributed by atoms with Gasteiger partial charge in [-0.3, -0.25) is 4.79 Å². The van der Waals surface area contributed by atoms with E-state index in [0.717, 1.165) is 0 Å². The van der Waals surface area contributed by atoms with E-state index in [1.54, 1.807) is 18.7 Å². The van der Waals surface area contributed by atoms with Crippen LogP contribution in [-0.2, 0) is 17.9 Å². The summed E-state index contributed by atoms with van der Waals surface area (Å²) in [5.74, 6) is -1.21. The first-order chi connectivity index (χ1) is 9.65. The number of carboxylic acids is 1. The second-order valence-corrected chi connectivity index (χ2v) is 4.07. The molecule has 2 aromatic rings. The van der Waals surface area contributed by atoms with Crippen molar-refractivity contribution in [2.75, 3.05) is 6.54 Å². The van der Waals surface area contributed by atoms with Crippen molar-refractivity contribution in [3.05, 3.63) is 30.6 Å². The van der Waals surface area contributed by atoms with Crippen LogP contribution in [0.25, 0.3) is 0 Å². The summed E-state index contributed by atoms with van der Waals surface area (Å²) in [6, 6.07) is 0. The quantitative estimate of drug-likeness (QED) is 0.697. The molecular formula is C11H14N6O3. The van der Waals surface area contributed by atoms with Crippen molar-refractivity contribution in [2.24, 2.45) is 0 Å². The van der Waals surface area contributed by atoms with Crippen molar-refractivity contribution in [3.8, 4) is 0 Å². The van der Waals surface area contributed by atoms with Crippen molar-refractivity contribution in [2.45, 2.75) is 19.5 Å². The largest absolute Gasteiger partial charge is 0.476 e. The van der Waals surface area contributed by atoms with E-state index in [-0.39, 0.29) is 11.6 Å². The van der Waals surface area contributed by atoms with Gasteiger partial charge in [-0.25, -0.2) is 14.5 Å². The molecule has 0 saturated carbocycles. The smallest absolute Gasteiger partial charge is 0.358 e. The first-order valence-corrected chi connectivity index (χ1v) is 6.01. The number of carboxylic acid groups (broad SMARTS) is 1. The maximum absolute atomic E-state index is 11.6. The molecule has 0 aliphatic carbocycles. The fraction of sp³-hybridized carbons (Fsp3) is 0.364. The number of nitrogens with one attached hydrogen (secondary N) is 1. The predicted molar refractivity (Wildman–Crippen MR) is 66.8 cm³/mol. The molecule has 2 rings (SSSR count). The molecule has 0 saturated heterocycles. The highest BCUT2D eigenvalue weighted by molar-refractivity contribution is 5.84. The van der Waals surface area contributed by atoms with Gasteiger partial charge < -0.3 is 15.0 Å². The van der Waals surface area contributed by atoms with E-state index in [0.29, 0.717) is 26.1 Å². The minimum Gasteiger partial charge on any atom is -0.476 e. The summed E-state index contributed by atoms with van der Waals surface area (Å²) in [6.07, 6.45) is 6.77. The van der Waals surface area contributed by atoms with Crippen LogP contribution in [0.2, 0.25) is 0 Å². The summed E-state index contributed by atoms with van der Waals surface area (Å²) >= 11 is 0. The zero-order chi connectivity index (χ0) is 14.4. The van der Waals surface area contributed by atoms with E-state index in [1.165, 1.54) is 10.9 Å². The highest BCUT2D eigenvalue weighted by atomic mass is 16.4. The first kappa shape index (κ1) is 13.7. The molecule has 0 aliphatic rings. The number of hydrogen-bond donors (Lipinski definition) is 2. The monoisotopic (exact) mass is 278 g/mol. The zero-order valence-electron chi connectivity index (χ0n) is 10.6. The molecule has 0 fully saturated rings. The number of hydrogen-bond acceptors (Lipinski definition) is 5. The minimum atomic E-state index is -1.12. The maximum atomic E-state index is 11.6. The van der Waals surface area contributed by atoms with E-state index in [1.807, 2.05) is 4.57 Å². The molecule has 0 spiro atoms. The molecule has 9 nitrogen and oxygen atoms in total. The molecule has 0 aromatic carbocycles. The van der Waals surface area contributed by atoms with Gasteiger partial charge in [-0.15, -0.1) is 5.10 Å². The first-order valence-electron chi connectivity index (χ1n) is 6.01. The number of nitrogens with zero attached hydrogens (tertiary/aromatic N) is 5. The molecule has 0 bridgehead atoms. The summed E-state index contributed by atoms with van der Waals surface area (Å²) in [7, 11) is 0. The lowest BCUT2D eigenvalue weighted by Gasteiger charge is -2.05. The second kappa shape index (κ2) is 6.45. The number of carbonyl (C=O) groups is 2. The van der Waals surface area contributed by atoms with Crippen LogP contribution in [0.1, 0.15) is 16.9 Å². The lowest BCUT2D eigenvalue weighted by Crippen LogP contribution is -2.28. The average Bonchev–Trinajstić information content (AvgIpc) is 3.07. The Kier molecular flexibility index (Phi) is 4.43. The molecule has 2 N–H and O–H groups in total. The van der Waals surface area contributed by atoms with Gasteiger partial charge in [0.2, 0.25) is 5.91 Å². The van der Waals surface area contributed by atoms with Crippen LogP contribution in [0.4, 0.5) is 0 Å². The SMILES string of the molecule is O=C(CCn1ccnc1)NCCn1cc(C(=O)O)nn1. The Morgan fingerprint density at radius 1 is 1.35 bits per heavy atom. The topological polar surface area (TPSA) is 115 Å². The van der Waals surface area contributed by atoms with E-state index >= 15 is 0 Å². The number of carbonyl (C=O) groups excluding carboxylic acids is 1. The third-order valence-corrected chi connectivity index (χ3v) is 2.58. The van der Waals surface area contributed by atoms with Crippen LogP contribution in [-0.4, -0.2) is 48.1 Å². The molecular weight excluding hydrogens is 264 g/mol. The lowest BCUT2D eigenvalue weighted by atomic mass is 10.4. The Morgan fingerprint density at radius 3 is 2.85 bits per heavy atom. The van der Waals surface area contributed by atoms with Gasteiger partial charge in [0.05, 0.1) is 19.1 Å². The second-order valence-electron chi connectivity index (χ2n) is 4.07. The van der Waals surface area contributed by atoms with E-state index in [9.17, 15) is 9.59 Å². The molecule has 2 heterocycles. The van der Waals surface area contributed by atoms with E-state index in [4.69, 9.17) is 5.11 Å². The molecule has 0 radical (unpaired) electrons. The van der Waals surface area contributed by atoms with Crippen molar-refractivity contribution >= 4 is 11.9 Å². The van der Waals surface area contributed by atoms with Gasteiger partial charge in [0.25, 0.3) is 0 Å². The number of aromatic nitrogens is 5. The van der Waals surface area contributed by atoms with Crippen LogP contribution >= 0.6 is 0 Å². The highest BCUT2D eigenvalue weighted by Gasteiger charge is 2.08. The van der Waals surface area contributed by atoms with Gasteiger partial charge in [0.15, 0.2) is 5.69 Å². The van der Waals surface area contributed by atoms with Crippen molar-refractivity contribution in [1.29, 1.82) is 0 Å². The molecule has 0 unspecified atom stereocenters. The molecule has 0 atom stereocenters. The van der Waals surface area contributed by atoms with Crippen LogP contribution < -0.4 is 5.32 Å². The summed E-state index contributed by atoms with van der Waals surface area (Å²) in [6.45, 7) is 1.31. The van der Waals surface area contributed by atoms with Gasteiger partial charge in [-0.05, 0) is 0 Å². The van der Waals surface area contributed by atoms with Crippen molar-refractivity contribution in [1.82, 2.24) is 29.9 Å². The molecule has 2 aromatic heterocycles. The van der Waals surface area contributed by atoms with Crippen LogP contribution in [0.15, 0.2) is 24.9 Å². The zero-order valence-corrected chi connectivity index (χ0v) is 10.6. The van der Waals surface area contributed by atoms with Gasteiger partial charge in [-0.2, -0.15) is 0 Å². The Bertz CT molecular complexity index is 577. The Labute approximate surface area is 114 Å². The van der Waals surface area contributed by atoms with Gasteiger partial charge in [0, 0.05) is 31.9 Å². The van der Waals surface area contributed by atoms with Crippen molar-refractivity contribution < 1.29 is 14.7 Å². The van der Waals surface area contributed by atoms with E-state index in [2.05, 4.69) is 20.6 Å². The normalized spacial score (nSPS) is 10.4. The molecule has 20 heavy (non-hydrogen) atoms. The standard InChI is InChI=1S/C11H14N6O3/c18-10(1-4-16-5-2-12-8-16)13-3-6-17-7-9(11(19)20)14-15-17/h2,5,7-8H,1,3-4,6H2,(H,13,18)(H,19,20). The van der Waals surface area contributed by atoms with Crippen LogP contribution in [0.3, 0.4) is 0 Å². The third-order valence-electron chi connectivity index (χ3n) is 2.58. The number of rotatable bonds is 7. The number of imidazole rings is 1. The van der Waals surface area contributed by atoms with Gasteiger partial charge in [-0.1, -0.05) is 5.21 Å². The summed E-state index contributed by atoms with van der Waals surface area (Å²) in [5.41, 5.74) is -0.114. The van der Waals surface area contributed by atoms with Crippen LogP contribution in [0, 0.1) is 0 Å². The summed E-state index contributed by atoms with van der Waals surface area (Å²) in [4.78, 5) is 26.0. The summed E-state index contributed by atoms with van der Waals surface area (Å²) < 4.78 is 3.19. The minimum absolute atomic E-state index is 0.0859. The Balaban J connectivity index is 1.67. The molecule has 106 valence electrons. The third kappa shape index (κ3) is 3.90. The number of amides is 1. The fourth-order valence-electron chi connectivity index (χ4n) is 1.55. The lowest BCUT2D eigenvalue weighted by molar-refractivity contribution is -0.121.